The number of rotatable bonds is 4. The minimum absolute atomic E-state index is 0.0963. The van der Waals surface area contributed by atoms with Gasteiger partial charge in [0.2, 0.25) is 0 Å². The molecule has 102 valence electrons. The SMILES string of the molecule is Cc1nnc(Sc2ccc(Cl)cc2CC(C)N)n1C. The molecule has 1 aromatic carbocycles. The van der Waals surface area contributed by atoms with Crippen LogP contribution in [-0.2, 0) is 13.5 Å². The number of aromatic nitrogens is 3. The van der Waals surface area contributed by atoms with E-state index in [1.807, 2.05) is 43.7 Å². The molecule has 2 aromatic rings. The van der Waals surface area contributed by atoms with Crippen LogP contribution in [0.3, 0.4) is 0 Å². The van der Waals surface area contributed by atoms with Crippen molar-refractivity contribution in [3.63, 3.8) is 0 Å². The molecule has 0 saturated carbocycles. The Labute approximate surface area is 122 Å². The second-order valence-corrected chi connectivity index (χ2v) is 6.07. The first-order chi connectivity index (χ1) is 8.97. The van der Waals surface area contributed by atoms with Crippen LogP contribution in [0, 0.1) is 6.92 Å². The topological polar surface area (TPSA) is 56.7 Å². The van der Waals surface area contributed by atoms with Gasteiger partial charge in [-0.3, -0.25) is 0 Å². The van der Waals surface area contributed by atoms with Crippen molar-refractivity contribution in [3.05, 3.63) is 34.6 Å². The van der Waals surface area contributed by atoms with Crippen LogP contribution in [0.1, 0.15) is 18.3 Å². The van der Waals surface area contributed by atoms with Gasteiger partial charge in [0.15, 0.2) is 5.16 Å². The first kappa shape index (κ1) is 14.4. The summed E-state index contributed by atoms with van der Waals surface area (Å²) in [7, 11) is 1.96. The summed E-state index contributed by atoms with van der Waals surface area (Å²) < 4.78 is 1.97. The lowest BCUT2D eigenvalue weighted by Gasteiger charge is -2.11. The lowest BCUT2D eigenvalue weighted by molar-refractivity contribution is 0.728. The van der Waals surface area contributed by atoms with Gasteiger partial charge in [-0.05, 0) is 55.8 Å². The van der Waals surface area contributed by atoms with E-state index in [1.54, 1.807) is 11.8 Å². The van der Waals surface area contributed by atoms with Crippen molar-refractivity contribution in [1.29, 1.82) is 0 Å². The van der Waals surface area contributed by atoms with Crippen LogP contribution in [0.2, 0.25) is 5.02 Å². The van der Waals surface area contributed by atoms with E-state index in [0.717, 1.165) is 32.9 Å². The molecule has 4 nitrogen and oxygen atoms in total. The molecule has 1 aromatic heterocycles. The Morgan fingerprint density at radius 2 is 2.16 bits per heavy atom. The first-order valence-electron chi connectivity index (χ1n) is 6.05. The highest BCUT2D eigenvalue weighted by atomic mass is 35.5. The number of nitrogens with two attached hydrogens (primary N) is 1. The summed E-state index contributed by atoms with van der Waals surface area (Å²) in [5, 5.41) is 9.82. The van der Waals surface area contributed by atoms with Gasteiger partial charge in [0, 0.05) is 23.0 Å². The number of benzene rings is 1. The predicted octanol–water partition coefficient (Wildman–Crippen LogP) is 2.82. The van der Waals surface area contributed by atoms with E-state index in [-0.39, 0.29) is 6.04 Å². The molecule has 0 aliphatic carbocycles. The van der Waals surface area contributed by atoms with Gasteiger partial charge in [-0.2, -0.15) is 0 Å². The van der Waals surface area contributed by atoms with E-state index in [1.165, 1.54) is 0 Å². The van der Waals surface area contributed by atoms with Gasteiger partial charge in [0.1, 0.15) is 5.82 Å². The van der Waals surface area contributed by atoms with Crippen molar-refractivity contribution in [1.82, 2.24) is 14.8 Å². The van der Waals surface area contributed by atoms with Gasteiger partial charge in [-0.25, -0.2) is 0 Å². The standard InChI is InChI=1S/C13H17ClN4S/c1-8(15)6-10-7-11(14)4-5-12(10)19-13-17-16-9(2)18(13)3/h4-5,7-8H,6,15H2,1-3H3. The van der Waals surface area contributed by atoms with Crippen LogP contribution in [0.5, 0.6) is 0 Å². The summed E-state index contributed by atoms with van der Waals surface area (Å²) in [5.41, 5.74) is 7.03. The highest BCUT2D eigenvalue weighted by Gasteiger charge is 2.12. The molecule has 1 atom stereocenters. The zero-order chi connectivity index (χ0) is 14.0. The van der Waals surface area contributed by atoms with Gasteiger partial charge in [0.05, 0.1) is 0 Å². The molecule has 0 aliphatic rings. The predicted molar refractivity (Wildman–Crippen MR) is 78.7 cm³/mol. The van der Waals surface area contributed by atoms with Gasteiger partial charge >= 0.3 is 0 Å². The number of hydrogen-bond acceptors (Lipinski definition) is 4. The highest BCUT2D eigenvalue weighted by Crippen LogP contribution is 2.31. The van der Waals surface area contributed by atoms with Crippen molar-refractivity contribution in [2.75, 3.05) is 0 Å². The number of halogens is 1. The van der Waals surface area contributed by atoms with Crippen molar-refractivity contribution in [2.45, 2.75) is 36.4 Å². The molecule has 19 heavy (non-hydrogen) atoms. The fourth-order valence-corrected chi connectivity index (χ4v) is 2.88. The van der Waals surface area contributed by atoms with Crippen LogP contribution in [0.15, 0.2) is 28.3 Å². The molecule has 0 saturated heterocycles. The fourth-order valence-electron chi connectivity index (χ4n) is 1.73. The molecular formula is C13H17ClN4S. The maximum absolute atomic E-state index is 6.06. The van der Waals surface area contributed by atoms with Crippen LogP contribution in [0.25, 0.3) is 0 Å². The Bertz CT molecular complexity index is 580. The lowest BCUT2D eigenvalue weighted by Crippen LogP contribution is -2.18. The summed E-state index contributed by atoms with van der Waals surface area (Å²) in [6, 6.07) is 5.96. The van der Waals surface area contributed by atoms with Gasteiger partial charge in [-0.1, -0.05) is 11.6 Å². The Morgan fingerprint density at radius 1 is 1.42 bits per heavy atom. The van der Waals surface area contributed by atoms with E-state index in [0.29, 0.717) is 0 Å². The lowest BCUT2D eigenvalue weighted by atomic mass is 10.1. The zero-order valence-electron chi connectivity index (χ0n) is 11.2. The average Bonchev–Trinajstić information content (AvgIpc) is 2.64. The van der Waals surface area contributed by atoms with E-state index in [4.69, 9.17) is 17.3 Å². The maximum Gasteiger partial charge on any atom is 0.195 e. The highest BCUT2D eigenvalue weighted by molar-refractivity contribution is 7.99. The summed E-state index contributed by atoms with van der Waals surface area (Å²) >= 11 is 7.64. The molecule has 0 bridgehead atoms. The normalized spacial score (nSPS) is 12.7. The Kier molecular flexibility index (Phi) is 4.50. The third-order valence-corrected chi connectivity index (χ3v) is 4.21. The first-order valence-corrected chi connectivity index (χ1v) is 7.24. The molecule has 2 rings (SSSR count). The molecule has 6 heteroatoms. The molecular weight excluding hydrogens is 280 g/mol. The third-order valence-electron chi connectivity index (χ3n) is 2.82. The molecule has 2 N–H and O–H groups in total. The Balaban J connectivity index is 2.31. The van der Waals surface area contributed by atoms with Gasteiger partial charge < -0.3 is 10.3 Å². The molecule has 1 heterocycles. The van der Waals surface area contributed by atoms with E-state index >= 15 is 0 Å². The minimum Gasteiger partial charge on any atom is -0.328 e. The maximum atomic E-state index is 6.06. The molecule has 0 radical (unpaired) electrons. The number of hydrogen-bond donors (Lipinski definition) is 1. The second-order valence-electron chi connectivity index (χ2n) is 4.62. The number of nitrogens with zero attached hydrogens (tertiary/aromatic N) is 3. The van der Waals surface area contributed by atoms with Crippen molar-refractivity contribution in [2.24, 2.45) is 12.8 Å². The summed E-state index contributed by atoms with van der Waals surface area (Å²) in [6.07, 6.45) is 0.791. The van der Waals surface area contributed by atoms with Crippen molar-refractivity contribution in [3.8, 4) is 0 Å². The van der Waals surface area contributed by atoms with Gasteiger partial charge in [0.25, 0.3) is 0 Å². The molecule has 0 spiro atoms. The molecule has 0 amide bonds. The summed E-state index contributed by atoms with van der Waals surface area (Å²) in [6.45, 7) is 3.92. The van der Waals surface area contributed by atoms with Crippen LogP contribution >= 0.6 is 23.4 Å². The third kappa shape index (κ3) is 3.49. The van der Waals surface area contributed by atoms with E-state index < -0.39 is 0 Å². The smallest absolute Gasteiger partial charge is 0.195 e. The number of aryl methyl sites for hydroxylation is 1. The molecule has 0 aliphatic heterocycles. The van der Waals surface area contributed by atoms with E-state index in [9.17, 15) is 0 Å². The minimum atomic E-state index is 0.0963. The van der Waals surface area contributed by atoms with Gasteiger partial charge in [-0.15, -0.1) is 10.2 Å². The summed E-state index contributed by atoms with van der Waals surface area (Å²) in [4.78, 5) is 1.12. The van der Waals surface area contributed by atoms with Crippen molar-refractivity contribution >= 4 is 23.4 Å². The van der Waals surface area contributed by atoms with E-state index in [2.05, 4.69) is 10.2 Å². The zero-order valence-corrected chi connectivity index (χ0v) is 12.8. The molecule has 1 unspecified atom stereocenters. The second kappa shape index (κ2) is 5.94. The van der Waals surface area contributed by atoms with Crippen LogP contribution in [-0.4, -0.2) is 20.8 Å². The quantitative estimate of drug-likeness (QED) is 0.942. The largest absolute Gasteiger partial charge is 0.328 e. The average molecular weight is 297 g/mol. The monoisotopic (exact) mass is 296 g/mol. The Hall–Kier alpha value is -1.04. The summed E-state index contributed by atoms with van der Waals surface area (Å²) in [5.74, 6) is 0.894. The fraction of sp³-hybridized carbons (Fsp3) is 0.385. The van der Waals surface area contributed by atoms with Crippen LogP contribution in [0.4, 0.5) is 0 Å². The molecule has 0 fully saturated rings. The van der Waals surface area contributed by atoms with Crippen LogP contribution < -0.4 is 5.73 Å². The van der Waals surface area contributed by atoms with Crippen molar-refractivity contribution < 1.29 is 0 Å². The Morgan fingerprint density at radius 3 is 2.74 bits per heavy atom.